The van der Waals surface area contributed by atoms with Gasteiger partial charge in [0.15, 0.2) is 0 Å². The van der Waals surface area contributed by atoms with E-state index in [4.69, 9.17) is 0 Å². The van der Waals surface area contributed by atoms with Gasteiger partial charge in [0.05, 0.1) is 11.2 Å². The number of aryl methyl sites for hydroxylation is 2. The average Bonchev–Trinajstić information content (AvgIpc) is 2.99. The van der Waals surface area contributed by atoms with Crippen LogP contribution >= 0.6 is 0 Å². The topological polar surface area (TPSA) is 43.6 Å². The molecule has 0 aliphatic carbocycles. The third-order valence-corrected chi connectivity index (χ3v) is 4.05. The maximum Gasteiger partial charge on any atom is 0.0695 e. The molecular weight excluding hydrogens is 476 g/mol. The molecule has 0 saturated heterocycles. The van der Waals surface area contributed by atoms with Crippen molar-refractivity contribution >= 4 is 10.9 Å². The van der Waals surface area contributed by atoms with Gasteiger partial charge in [-0.3, -0.25) is 0 Å². The summed E-state index contributed by atoms with van der Waals surface area (Å²) in [6.45, 7) is 4.26. The molecule has 24 heavy (non-hydrogen) atoms. The van der Waals surface area contributed by atoms with Gasteiger partial charge >= 0.3 is 0 Å². The van der Waals surface area contributed by atoms with Crippen LogP contribution < -0.4 is 0 Å². The van der Waals surface area contributed by atoms with Crippen LogP contribution in [0.4, 0.5) is 0 Å². The molecule has 0 fully saturated rings. The summed E-state index contributed by atoms with van der Waals surface area (Å²) < 4.78 is 2.20. The van der Waals surface area contributed by atoms with Gasteiger partial charge in [-0.2, -0.15) is 0 Å². The Balaban J connectivity index is 0.00000169. The molecule has 0 spiro atoms. The van der Waals surface area contributed by atoms with Crippen LogP contribution in [0.5, 0.6) is 0 Å². The maximum absolute atomic E-state index is 4.56. The van der Waals surface area contributed by atoms with Crippen LogP contribution in [0.3, 0.4) is 0 Å². The van der Waals surface area contributed by atoms with E-state index >= 15 is 0 Å². The Morgan fingerprint density at radius 1 is 1.04 bits per heavy atom. The van der Waals surface area contributed by atoms with Crippen molar-refractivity contribution in [2.24, 2.45) is 0 Å². The number of nitrogens with zero attached hydrogens (tertiary/aromatic N) is 4. The van der Waals surface area contributed by atoms with Crippen molar-refractivity contribution in [2.45, 2.75) is 13.8 Å². The minimum absolute atomic E-state index is 0. The van der Waals surface area contributed by atoms with Gasteiger partial charge in [-0.15, -0.1) is 0 Å². The van der Waals surface area contributed by atoms with Gasteiger partial charge in [0.1, 0.15) is 0 Å². The van der Waals surface area contributed by atoms with Gasteiger partial charge in [0.2, 0.25) is 0 Å². The molecule has 4 rings (SSSR count). The molecule has 4 aromatic rings. The first-order valence-corrected chi connectivity index (χ1v) is 7.46. The van der Waals surface area contributed by atoms with Crippen molar-refractivity contribution in [3.63, 3.8) is 0 Å². The predicted octanol–water partition coefficient (Wildman–Crippen LogP) is 3.90. The van der Waals surface area contributed by atoms with E-state index in [0.717, 1.165) is 22.2 Å². The molecule has 0 aliphatic rings. The number of rotatable bonds is 2. The molecule has 0 bridgehead atoms. The van der Waals surface area contributed by atoms with Crippen LogP contribution in [0.2, 0.25) is 0 Å². The maximum atomic E-state index is 4.56. The standard InChI is InChI=1S/C19H15N4.Ir/c1-13-4-3-5-14(2)19(13)23-7-6-15-8-17(22-11-18(15)23)16-9-20-12-21-10-16;/h3-9,11-12H,1-2H3;/q-1;. The fourth-order valence-electron chi connectivity index (χ4n) is 2.95. The van der Waals surface area contributed by atoms with E-state index in [9.17, 15) is 0 Å². The normalized spacial score (nSPS) is 10.6. The van der Waals surface area contributed by atoms with Crippen LogP contribution in [0.25, 0.3) is 27.8 Å². The van der Waals surface area contributed by atoms with E-state index in [1.165, 1.54) is 23.1 Å². The molecule has 0 atom stereocenters. The van der Waals surface area contributed by atoms with Crippen molar-refractivity contribution < 1.29 is 20.1 Å². The van der Waals surface area contributed by atoms with E-state index in [2.05, 4.69) is 76.1 Å². The van der Waals surface area contributed by atoms with Crippen molar-refractivity contribution in [3.8, 4) is 16.9 Å². The summed E-state index contributed by atoms with van der Waals surface area (Å²) in [5.74, 6) is 0. The molecule has 0 unspecified atom stereocenters. The Morgan fingerprint density at radius 2 is 1.83 bits per heavy atom. The SMILES string of the molecule is Cc1cccc(C)c1-n1ccc2cc(-c3[c-]ncnc3)ncc21.[Ir]. The molecule has 1 radical (unpaired) electrons. The van der Waals surface area contributed by atoms with Crippen LogP contribution in [-0.2, 0) is 20.1 Å². The van der Waals surface area contributed by atoms with Gasteiger partial charge in [-0.05, 0) is 48.3 Å². The summed E-state index contributed by atoms with van der Waals surface area (Å²) in [4.78, 5) is 12.5. The van der Waals surface area contributed by atoms with Crippen molar-refractivity contribution in [1.29, 1.82) is 0 Å². The Bertz CT molecular complexity index is 973. The monoisotopic (exact) mass is 492 g/mol. The fraction of sp³-hybridized carbons (Fsp3) is 0.105. The summed E-state index contributed by atoms with van der Waals surface area (Å²) in [5, 5.41) is 1.13. The Hall–Kier alpha value is -2.36. The van der Waals surface area contributed by atoms with Gasteiger partial charge in [-0.1, -0.05) is 36.0 Å². The summed E-state index contributed by atoms with van der Waals surface area (Å²) in [5.41, 5.74) is 6.42. The summed E-state index contributed by atoms with van der Waals surface area (Å²) >= 11 is 0. The smallest absolute Gasteiger partial charge is 0.0695 e. The second-order valence-electron chi connectivity index (χ2n) is 5.60. The molecule has 1 aromatic carbocycles. The quantitative estimate of drug-likeness (QED) is 0.400. The number of para-hydroxylation sites is 1. The zero-order valence-corrected chi connectivity index (χ0v) is 15.7. The number of hydrogen-bond acceptors (Lipinski definition) is 3. The number of benzene rings is 1. The second-order valence-corrected chi connectivity index (χ2v) is 5.60. The molecule has 4 nitrogen and oxygen atoms in total. The van der Waals surface area contributed by atoms with Crippen molar-refractivity contribution in [2.75, 3.05) is 0 Å². The third kappa shape index (κ3) is 2.77. The summed E-state index contributed by atoms with van der Waals surface area (Å²) in [6, 6.07) is 10.5. The molecule has 0 aliphatic heterocycles. The first-order chi connectivity index (χ1) is 11.2. The molecule has 0 saturated carbocycles. The third-order valence-electron chi connectivity index (χ3n) is 4.05. The minimum Gasteiger partial charge on any atom is -0.341 e. The van der Waals surface area contributed by atoms with E-state index < -0.39 is 0 Å². The molecule has 0 amide bonds. The molecule has 3 heterocycles. The fourth-order valence-corrected chi connectivity index (χ4v) is 2.95. The number of hydrogen-bond donors (Lipinski definition) is 0. The van der Waals surface area contributed by atoms with Crippen molar-refractivity contribution in [1.82, 2.24) is 19.5 Å². The molecular formula is C19H15IrN4-. The van der Waals surface area contributed by atoms with Gasteiger partial charge < -0.3 is 19.5 Å². The Morgan fingerprint density at radius 3 is 2.54 bits per heavy atom. The predicted molar refractivity (Wildman–Crippen MR) is 90.4 cm³/mol. The molecule has 3 aromatic heterocycles. The zero-order chi connectivity index (χ0) is 15.8. The average molecular weight is 492 g/mol. The minimum atomic E-state index is 0. The van der Waals surface area contributed by atoms with E-state index in [-0.39, 0.29) is 20.1 Å². The van der Waals surface area contributed by atoms with Gasteiger partial charge in [0.25, 0.3) is 0 Å². The van der Waals surface area contributed by atoms with Crippen LogP contribution in [0, 0.1) is 20.0 Å². The van der Waals surface area contributed by atoms with E-state index in [1.807, 2.05) is 6.20 Å². The summed E-state index contributed by atoms with van der Waals surface area (Å²) in [7, 11) is 0. The number of aromatic nitrogens is 4. The Kier molecular flexibility index (Phi) is 4.56. The van der Waals surface area contributed by atoms with Crippen molar-refractivity contribution in [3.05, 3.63) is 72.6 Å². The Labute approximate surface area is 154 Å². The summed E-state index contributed by atoms with van der Waals surface area (Å²) in [6.07, 6.45) is 10.1. The molecule has 121 valence electrons. The largest absolute Gasteiger partial charge is 0.341 e. The van der Waals surface area contributed by atoms with E-state index in [0.29, 0.717) is 0 Å². The van der Waals surface area contributed by atoms with E-state index in [1.54, 1.807) is 6.20 Å². The van der Waals surface area contributed by atoms with Gasteiger partial charge in [0, 0.05) is 38.8 Å². The first kappa shape index (κ1) is 16.5. The van der Waals surface area contributed by atoms with Crippen LogP contribution in [0.1, 0.15) is 11.1 Å². The number of fused-ring (bicyclic) bond motifs is 1. The second kappa shape index (κ2) is 6.63. The number of pyridine rings is 1. The van der Waals surface area contributed by atoms with Crippen LogP contribution in [-0.4, -0.2) is 19.5 Å². The van der Waals surface area contributed by atoms with Crippen LogP contribution in [0.15, 0.2) is 55.2 Å². The van der Waals surface area contributed by atoms with Gasteiger partial charge in [-0.25, -0.2) is 0 Å². The first-order valence-electron chi connectivity index (χ1n) is 7.46. The molecule has 0 N–H and O–H groups in total. The molecule has 5 heteroatoms. The zero-order valence-electron chi connectivity index (χ0n) is 13.3.